The van der Waals surface area contributed by atoms with Gasteiger partial charge in [-0.2, -0.15) is 0 Å². The van der Waals surface area contributed by atoms with Crippen molar-refractivity contribution < 1.29 is 9.47 Å². The maximum absolute atomic E-state index is 6.30. The van der Waals surface area contributed by atoms with E-state index in [1.54, 1.807) is 7.11 Å². The lowest BCUT2D eigenvalue weighted by Crippen LogP contribution is -2.24. The molecule has 1 unspecified atom stereocenters. The van der Waals surface area contributed by atoms with Gasteiger partial charge < -0.3 is 15.2 Å². The quantitative estimate of drug-likeness (QED) is 0.881. The average molecular weight is 348 g/mol. The van der Waals surface area contributed by atoms with E-state index in [1.807, 2.05) is 18.2 Å². The van der Waals surface area contributed by atoms with Gasteiger partial charge in [0.15, 0.2) is 0 Å². The van der Waals surface area contributed by atoms with Gasteiger partial charge >= 0.3 is 0 Å². The first-order chi connectivity index (χ1) is 10.1. The molecule has 2 aromatic carbocycles. The fourth-order valence-electron chi connectivity index (χ4n) is 2.68. The summed E-state index contributed by atoms with van der Waals surface area (Å²) < 4.78 is 12.5. The van der Waals surface area contributed by atoms with Gasteiger partial charge in [0.25, 0.3) is 0 Å². The molecule has 0 fully saturated rings. The number of methoxy groups -OCH3 is 1. The van der Waals surface area contributed by atoms with Gasteiger partial charge in [0.05, 0.1) is 7.11 Å². The molecular formula is C17H18BrNO2. The Kier molecular flexibility index (Phi) is 3.91. The van der Waals surface area contributed by atoms with E-state index in [-0.39, 0.29) is 12.1 Å². The van der Waals surface area contributed by atoms with Crippen LogP contribution >= 0.6 is 15.9 Å². The highest BCUT2D eigenvalue weighted by Gasteiger charge is 2.27. The van der Waals surface area contributed by atoms with Gasteiger partial charge in [0, 0.05) is 28.6 Å². The largest absolute Gasteiger partial charge is 0.497 e. The van der Waals surface area contributed by atoms with E-state index in [1.165, 1.54) is 5.56 Å². The molecular weight excluding hydrogens is 330 g/mol. The maximum Gasteiger partial charge on any atom is 0.128 e. The number of fused-ring (bicyclic) bond motifs is 1. The highest BCUT2D eigenvalue weighted by Crippen LogP contribution is 2.41. The molecule has 2 N–H and O–H groups in total. The van der Waals surface area contributed by atoms with Crippen molar-refractivity contribution in [1.29, 1.82) is 0 Å². The molecule has 1 aliphatic rings. The Balaban J connectivity index is 1.94. The summed E-state index contributed by atoms with van der Waals surface area (Å²) in [4.78, 5) is 0. The van der Waals surface area contributed by atoms with Gasteiger partial charge in [-0.1, -0.05) is 34.1 Å². The smallest absolute Gasteiger partial charge is 0.128 e. The number of nitrogens with two attached hydrogens (primary N) is 1. The fraction of sp³-hybridized carbons (Fsp3) is 0.294. The molecule has 0 radical (unpaired) electrons. The van der Waals surface area contributed by atoms with Crippen molar-refractivity contribution in [1.82, 2.24) is 0 Å². The molecule has 2 aromatic rings. The molecule has 3 rings (SSSR count). The summed E-state index contributed by atoms with van der Waals surface area (Å²) in [6, 6.07) is 12.1. The average Bonchev–Trinajstić information content (AvgIpc) is 2.49. The van der Waals surface area contributed by atoms with Crippen LogP contribution in [0.15, 0.2) is 40.9 Å². The summed E-state index contributed by atoms with van der Waals surface area (Å²) in [6.07, 6.45) is 0.756. The van der Waals surface area contributed by atoms with Crippen molar-refractivity contribution in [2.75, 3.05) is 7.11 Å². The number of benzene rings is 2. The van der Waals surface area contributed by atoms with Crippen LogP contribution in [0.4, 0.5) is 0 Å². The Morgan fingerprint density at radius 3 is 2.76 bits per heavy atom. The van der Waals surface area contributed by atoms with Crippen LogP contribution in [0.25, 0.3) is 0 Å². The molecule has 2 atom stereocenters. The van der Waals surface area contributed by atoms with Gasteiger partial charge in [-0.3, -0.25) is 0 Å². The first-order valence-corrected chi connectivity index (χ1v) is 7.74. The monoisotopic (exact) mass is 347 g/mol. The molecule has 0 saturated carbocycles. The van der Waals surface area contributed by atoms with Crippen molar-refractivity contribution in [3.05, 3.63) is 57.6 Å². The standard InChI is InChI=1S/C17H18BrNO2/c1-10-7-11(3-6-14(10)18)16-9-15(19)13-5-4-12(20-2)8-17(13)21-16/h3-8,15-16H,9,19H2,1-2H3/t15-,16?/m1/s1. The van der Waals surface area contributed by atoms with E-state index < -0.39 is 0 Å². The molecule has 1 aliphatic heterocycles. The molecule has 110 valence electrons. The fourth-order valence-corrected chi connectivity index (χ4v) is 2.93. The third-order valence-corrected chi connectivity index (χ3v) is 4.80. The van der Waals surface area contributed by atoms with E-state index in [4.69, 9.17) is 15.2 Å². The predicted octanol–water partition coefficient (Wildman–Crippen LogP) is 4.29. The summed E-state index contributed by atoms with van der Waals surface area (Å²) >= 11 is 3.53. The third kappa shape index (κ3) is 2.78. The van der Waals surface area contributed by atoms with E-state index in [2.05, 4.69) is 41.1 Å². The van der Waals surface area contributed by atoms with Crippen LogP contribution < -0.4 is 15.2 Å². The molecule has 4 heteroatoms. The minimum absolute atomic E-state index is 0.0198. The molecule has 0 amide bonds. The van der Waals surface area contributed by atoms with Crippen molar-refractivity contribution in [2.24, 2.45) is 5.73 Å². The van der Waals surface area contributed by atoms with Crippen molar-refractivity contribution in [3.8, 4) is 11.5 Å². The van der Waals surface area contributed by atoms with Crippen LogP contribution in [0.5, 0.6) is 11.5 Å². The summed E-state index contributed by atoms with van der Waals surface area (Å²) in [5.41, 5.74) is 9.69. The molecule has 0 aromatic heterocycles. The van der Waals surface area contributed by atoms with Gasteiger partial charge in [-0.05, 0) is 30.2 Å². The van der Waals surface area contributed by atoms with E-state index in [9.17, 15) is 0 Å². The minimum Gasteiger partial charge on any atom is -0.497 e. The third-order valence-electron chi connectivity index (χ3n) is 3.91. The Morgan fingerprint density at radius 1 is 1.24 bits per heavy atom. The number of ether oxygens (including phenoxy) is 2. The second-order valence-corrected chi connectivity index (χ2v) is 6.22. The molecule has 0 saturated heterocycles. The number of rotatable bonds is 2. The zero-order valence-electron chi connectivity index (χ0n) is 12.1. The Morgan fingerprint density at radius 2 is 2.05 bits per heavy atom. The lowest BCUT2D eigenvalue weighted by atomic mass is 9.93. The molecule has 1 heterocycles. The van der Waals surface area contributed by atoms with Crippen LogP contribution in [-0.2, 0) is 0 Å². The van der Waals surface area contributed by atoms with Crippen LogP contribution in [0.2, 0.25) is 0 Å². The first-order valence-electron chi connectivity index (χ1n) is 6.94. The zero-order chi connectivity index (χ0) is 15.0. The lowest BCUT2D eigenvalue weighted by Gasteiger charge is -2.31. The highest BCUT2D eigenvalue weighted by atomic mass is 79.9. The molecule has 21 heavy (non-hydrogen) atoms. The normalized spacial score (nSPS) is 20.6. The predicted molar refractivity (Wildman–Crippen MR) is 86.8 cm³/mol. The summed E-state index contributed by atoms with van der Waals surface area (Å²) in [5, 5.41) is 0. The van der Waals surface area contributed by atoms with Crippen LogP contribution in [-0.4, -0.2) is 7.11 Å². The van der Waals surface area contributed by atoms with Crippen LogP contribution in [0.1, 0.15) is 35.3 Å². The van der Waals surface area contributed by atoms with E-state index in [0.717, 1.165) is 33.5 Å². The highest BCUT2D eigenvalue weighted by molar-refractivity contribution is 9.10. The summed E-state index contributed by atoms with van der Waals surface area (Å²) in [7, 11) is 1.65. The van der Waals surface area contributed by atoms with Crippen molar-refractivity contribution in [3.63, 3.8) is 0 Å². The van der Waals surface area contributed by atoms with Gasteiger partial charge in [-0.25, -0.2) is 0 Å². The summed E-state index contributed by atoms with van der Waals surface area (Å²) in [6.45, 7) is 2.08. The molecule has 0 bridgehead atoms. The minimum atomic E-state index is -0.0218. The zero-order valence-corrected chi connectivity index (χ0v) is 13.7. The molecule has 0 spiro atoms. The molecule has 3 nitrogen and oxygen atoms in total. The Hall–Kier alpha value is -1.52. The number of hydrogen-bond acceptors (Lipinski definition) is 3. The second-order valence-electron chi connectivity index (χ2n) is 5.36. The first kappa shape index (κ1) is 14.4. The topological polar surface area (TPSA) is 44.5 Å². The Bertz CT molecular complexity index is 672. The van der Waals surface area contributed by atoms with Crippen LogP contribution in [0.3, 0.4) is 0 Å². The SMILES string of the molecule is COc1ccc2c(c1)OC(c1ccc(Br)c(C)c1)C[C@H]2N. The van der Waals surface area contributed by atoms with Gasteiger partial charge in [0.1, 0.15) is 17.6 Å². The number of halogens is 1. The van der Waals surface area contributed by atoms with Crippen molar-refractivity contribution in [2.45, 2.75) is 25.5 Å². The van der Waals surface area contributed by atoms with E-state index in [0.29, 0.717) is 0 Å². The number of aryl methyl sites for hydroxylation is 1. The van der Waals surface area contributed by atoms with E-state index >= 15 is 0 Å². The molecule has 0 aliphatic carbocycles. The van der Waals surface area contributed by atoms with Gasteiger partial charge in [-0.15, -0.1) is 0 Å². The second kappa shape index (κ2) is 5.70. The Labute approximate surface area is 133 Å². The lowest BCUT2D eigenvalue weighted by molar-refractivity contribution is 0.161. The maximum atomic E-state index is 6.30. The van der Waals surface area contributed by atoms with Crippen LogP contribution in [0, 0.1) is 6.92 Å². The number of hydrogen-bond donors (Lipinski definition) is 1. The van der Waals surface area contributed by atoms with Crippen molar-refractivity contribution >= 4 is 15.9 Å². The van der Waals surface area contributed by atoms with Gasteiger partial charge in [0.2, 0.25) is 0 Å². The summed E-state index contributed by atoms with van der Waals surface area (Å²) in [5.74, 6) is 1.60.